The standard InChI is InChI=1S/C11H18N2O3/c1-4-5-9(3)13-11(16)12-7-6-8(2)10(14)15/h1,8-9H,5-7H2,2-3H3,(H,14,15)(H2,12,13,16). The summed E-state index contributed by atoms with van der Waals surface area (Å²) in [6.45, 7) is 3.74. The lowest BCUT2D eigenvalue weighted by Gasteiger charge is -2.12. The highest BCUT2D eigenvalue weighted by atomic mass is 16.4. The number of nitrogens with one attached hydrogen (secondary N) is 2. The van der Waals surface area contributed by atoms with Crippen molar-refractivity contribution in [3.8, 4) is 12.3 Å². The monoisotopic (exact) mass is 226 g/mol. The number of carboxylic acids is 1. The van der Waals surface area contributed by atoms with E-state index in [0.29, 0.717) is 19.4 Å². The molecule has 16 heavy (non-hydrogen) atoms. The van der Waals surface area contributed by atoms with Crippen molar-refractivity contribution in [1.29, 1.82) is 0 Å². The molecule has 5 nitrogen and oxygen atoms in total. The zero-order valence-corrected chi connectivity index (χ0v) is 9.62. The number of carboxylic acid groups (broad SMARTS) is 1. The summed E-state index contributed by atoms with van der Waals surface area (Å²) in [7, 11) is 0. The molecule has 2 unspecified atom stereocenters. The van der Waals surface area contributed by atoms with Crippen LogP contribution in [0.5, 0.6) is 0 Å². The number of amides is 2. The van der Waals surface area contributed by atoms with Crippen molar-refractivity contribution in [3.05, 3.63) is 0 Å². The van der Waals surface area contributed by atoms with Crippen LogP contribution in [0.4, 0.5) is 4.79 Å². The van der Waals surface area contributed by atoms with Crippen LogP contribution < -0.4 is 10.6 Å². The molecule has 0 aromatic carbocycles. The molecule has 0 spiro atoms. The smallest absolute Gasteiger partial charge is 0.315 e. The predicted molar refractivity (Wildman–Crippen MR) is 60.9 cm³/mol. The molecule has 0 aromatic heterocycles. The van der Waals surface area contributed by atoms with Crippen molar-refractivity contribution in [2.75, 3.05) is 6.54 Å². The first-order valence-electron chi connectivity index (χ1n) is 5.18. The van der Waals surface area contributed by atoms with Crippen molar-refractivity contribution in [1.82, 2.24) is 10.6 Å². The molecule has 3 N–H and O–H groups in total. The van der Waals surface area contributed by atoms with Gasteiger partial charge in [-0.3, -0.25) is 4.79 Å². The summed E-state index contributed by atoms with van der Waals surface area (Å²) < 4.78 is 0. The maximum atomic E-state index is 11.2. The molecule has 0 aliphatic carbocycles. The van der Waals surface area contributed by atoms with Crippen LogP contribution in [0.15, 0.2) is 0 Å². The minimum absolute atomic E-state index is 0.0816. The number of terminal acetylenes is 1. The molecule has 0 fully saturated rings. The lowest BCUT2D eigenvalue weighted by molar-refractivity contribution is -0.141. The van der Waals surface area contributed by atoms with Crippen LogP contribution in [-0.4, -0.2) is 29.7 Å². The van der Waals surface area contributed by atoms with Crippen LogP contribution >= 0.6 is 0 Å². The van der Waals surface area contributed by atoms with Gasteiger partial charge in [-0.2, -0.15) is 0 Å². The average Bonchev–Trinajstić information content (AvgIpc) is 2.17. The van der Waals surface area contributed by atoms with Crippen molar-refractivity contribution >= 4 is 12.0 Å². The molecule has 2 amide bonds. The number of carbonyl (C=O) groups is 2. The number of hydrogen-bond acceptors (Lipinski definition) is 2. The molecular weight excluding hydrogens is 208 g/mol. The van der Waals surface area contributed by atoms with E-state index in [1.54, 1.807) is 13.8 Å². The quantitative estimate of drug-likeness (QED) is 0.586. The normalized spacial score (nSPS) is 13.3. The lowest BCUT2D eigenvalue weighted by atomic mass is 10.1. The van der Waals surface area contributed by atoms with Gasteiger partial charge in [0.15, 0.2) is 0 Å². The Morgan fingerprint density at radius 2 is 2.06 bits per heavy atom. The predicted octanol–water partition coefficient (Wildman–Crippen LogP) is 0.808. The molecule has 90 valence electrons. The third kappa shape index (κ3) is 6.71. The van der Waals surface area contributed by atoms with Gasteiger partial charge in [0.25, 0.3) is 0 Å². The number of hydrogen-bond donors (Lipinski definition) is 3. The second-order valence-electron chi connectivity index (χ2n) is 3.74. The first kappa shape index (κ1) is 14.3. The maximum absolute atomic E-state index is 11.2. The maximum Gasteiger partial charge on any atom is 0.315 e. The third-order valence-electron chi connectivity index (χ3n) is 2.09. The molecule has 0 aliphatic heterocycles. The molecule has 0 aromatic rings. The molecule has 0 aliphatic rings. The Bertz CT molecular complexity index is 283. The van der Waals surface area contributed by atoms with Gasteiger partial charge in [0, 0.05) is 19.0 Å². The average molecular weight is 226 g/mol. The first-order chi connectivity index (χ1) is 7.47. The Hall–Kier alpha value is -1.70. The van der Waals surface area contributed by atoms with Gasteiger partial charge in [-0.15, -0.1) is 12.3 Å². The van der Waals surface area contributed by atoms with Crippen LogP contribution in [0.2, 0.25) is 0 Å². The van der Waals surface area contributed by atoms with Gasteiger partial charge in [-0.25, -0.2) is 4.79 Å². The highest BCUT2D eigenvalue weighted by molar-refractivity contribution is 5.74. The van der Waals surface area contributed by atoms with E-state index < -0.39 is 11.9 Å². The Kier molecular flexibility index (Phi) is 6.77. The molecule has 0 saturated heterocycles. The molecule has 5 heteroatoms. The van der Waals surface area contributed by atoms with Crippen LogP contribution in [-0.2, 0) is 4.79 Å². The summed E-state index contributed by atoms with van der Waals surface area (Å²) in [6.07, 6.45) is 5.97. The van der Waals surface area contributed by atoms with E-state index in [4.69, 9.17) is 11.5 Å². The topological polar surface area (TPSA) is 78.4 Å². The summed E-state index contributed by atoms with van der Waals surface area (Å²) in [4.78, 5) is 21.7. The van der Waals surface area contributed by atoms with Gasteiger partial charge in [0.1, 0.15) is 0 Å². The minimum atomic E-state index is -0.858. The molecule has 0 bridgehead atoms. The highest BCUT2D eigenvalue weighted by Gasteiger charge is 2.11. The van der Waals surface area contributed by atoms with Crippen LogP contribution in [0.1, 0.15) is 26.7 Å². The molecular formula is C11H18N2O3. The molecule has 0 rings (SSSR count). The Balaban J connectivity index is 3.67. The third-order valence-corrected chi connectivity index (χ3v) is 2.09. The van der Waals surface area contributed by atoms with Gasteiger partial charge < -0.3 is 15.7 Å². The Morgan fingerprint density at radius 1 is 1.44 bits per heavy atom. The second-order valence-corrected chi connectivity index (χ2v) is 3.74. The van der Waals surface area contributed by atoms with Crippen LogP contribution in [0.25, 0.3) is 0 Å². The highest BCUT2D eigenvalue weighted by Crippen LogP contribution is 1.99. The number of rotatable bonds is 6. The largest absolute Gasteiger partial charge is 0.481 e. The number of carbonyl (C=O) groups excluding carboxylic acids is 1. The van der Waals surface area contributed by atoms with Crippen molar-refractivity contribution in [2.24, 2.45) is 5.92 Å². The van der Waals surface area contributed by atoms with E-state index in [-0.39, 0.29) is 12.1 Å². The SMILES string of the molecule is C#CCC(C)NC(=O)NCCC(C)C(=O)O. The summed E-state index contributed by atoms with van der Waals surface area (Å²) in [5.74, 6) is 1.13. The first-order valence-corrected chi connectivity index (χ1v) is 5.18. The summed E-state index contributed by atoms with van der Waals surface area (Å²) in [5, 5.41) is 13.8. The Morgan fingerprint density at radius 3 is 2.56 bits per heavy atom. The van der Waals surface area contributed by atoms with Crippen molar-refractivity contribution < 1.29 is 14.7 Å². The van der Waals surface area contributed by atoms with Crippen LogP contribution in [0, 0.1) is 18.3 Å². The van der Waals surface area contributed by atoms with E-state index in [2.05, 4.69) is 16.6 Å². The van der Waals surface area contributed by atoms with E-state index in [0.717, 1.165) is 0 Å². The lowest BCUT2D eigenvalue weighted by Crippen LogP contribution is -2.41. The number of urea groups is 1. The molecule has 0 radical (unpaired) electrons. The Labute approximate surface area is 95.6 Å². The zero-order chi connectivity index (χ0) is 12.6. The van der Waals surface area contributed by atoms with Crippen molar-refractivity contribution in [3.63, 3.8) is 0 Å². The zero-order valence-electron chi connectivity index (χ0n) is 9.62. The van der Waals surface area contributed by atoms with Gasteiger partial charge in [-0.05, 0) is 13.3 Å². The summed E-state index contributed by atoms with van der Waals surface area (Å²) in [5.41, 5.74) is 0. The van der Waals surface area contributed by atoms with Gasteiger partial charge >= 0.3 is 12.0 Å². The fourth-order valence-corrected chi connectivity index (χ4v) is 1.03. The molecule has 0 heterocycles. The van der Waals surface area contributed by atoms with E-state index >= 15 is 0 Å². The molecule has 0 saturated carbocycles. The van der Waals surface area contributed by atoms with Gasteiger partial charge in [0.2, 0.25) is 0 Å². The fraction of sp³-hybridized carbons (Fsp3) is 0.636. The van der Waals surface area contributed by atoms with E-state index in [1.807, 2.05) is 0 Å². The van der Waals surface area contributed by atoms with Gasteiger partial charge in [0.05, 0.1) is 5.92 Å². The van der Waals surface area contributed by atoms with Crippen molar-refractivity contribution in [2.45, 2.75) is 32.7 Å². The number of aliphatic carboxylic acids is 1. The fourth-order valence-electron chi connectivity index (χ4n) is 1.03. The summed E-state index contributed by atoms with van der Waals surface area (Å²) in [6, 6.07) is -0.401. The van der Waals surface area contributed by atoms with Gasteiger partial charge in [-0.1, -0.05) is 6.92 Å². The van der Waals surface area contributed by atoms with E-state index in [1.165, 1.54) is 0 Å². The second kappa shape index (κ2) is 7.57. The summed E-state index contributed by atoms with van der Waals surface area (Å²) >= 11 is 0. The van der Waals surface area contributed by atoms with E-state index in [9.17, 15) is 9.59 Å². The van der Waals surface area contributed by atoms with Crippen LogP contribution in [0.3, 0.4) is 0 Å². The molecule has 2 atom stereocenters. The minimum Gasteiger partial charge on any atom is -0.481 e.